The largest absolute Gasteiger partial charge is 0.469 e. The lowest BCUT2D eigenvalue weighted by atomic mass is 9.99. The molecule has 1 aromatic rings. The maximum atomic E-state index is 12.3. The molecule has 0 radical (unpaired) electrons. The van der Waals surface area contributed by atoms with Crippen LogP contribution in [0.5, 0.6) is 0 Å². The number of rotatable bonds is 7. The minimum absolute atomic E-state index is 0.0766. The summed E-state index contributed by atoms with van der Waals surface area (Å²) in [6, 6.07) is 7.30. The fourth-order valence-electron chi connectivity index (χ4n) is 3.58. The van der Waals surface area contributed by atoms with Gasteiger partial charge in [-0.1, -0.05) is 31.2 Å². The van der Waals surface area contributed by atoms with Crippen LogP contribution in [0.1, 0.15) is 31.9 Å². The van der Waals surface area contributed by atoms with Crippen molar-refractivity contribution in [3.05, 3.63) is 35.4 Å². The number of ether oxygens (including phenoxy) is 1. The molecule has 9 heteroatoms. The van der Waals surface area contributed by atoms with Crippen molar-refractivity contribution in [2.45, 2.75) is 39.1 Å². The summed E-state index contributed by atoms with van der Waals surface area (Å²) in [5.74, 6) is 0.385. The Hall–Kier alpha value is -2.13. The number of nitrogens with one attached hydrogen (secondary N) is 2. The second-order valence-corrected chi connectivity index (χ2v) is 9.47. The Balaban J connectivity index is 2.06. The van der Waals surface area contributed by atoms with Crippen LogP contribution in [-0.2, 0) is 31.9 Å². The van der Waals surface area contributed by atoms with E-state index in [0.717, 1.165) is 11.1 Å². The standard InChI is InChI=1S/C20H32N4O4S/c1-14(2)23-29(26,27)13-17-9-7-6-8-16(17)10-22-20(21-4)24-11-15(3)18(12-24)19(25)28-5/h6-9,14-15,18,23H,10-13H2,1-5H3,(H,21,22). The van der Waals surface area contributed by atoms with E-state index >= 15 is 0 Å². The van der Waals surface area contributed by atoms with Crippen LogP contribution in [0.25, 0.3) is 0 Å². The third-order valence-electron chi connectivity index (χ3n) is 4.94. The van der Waals surface area contributed by atoms with E-state index in [9.17, 15) is 13.2 Å². The maximum absolute atomic E-state index is 12.3. The van der Waals surface area contributed by atoms with E-state index in [1.807, 2.05) is 36.1 Å². The Bertz CT molecular complexity index is 839. The SMILES string of the molecule is CN=C(NCc1ccccc1CS(=O)(=O)NC(C)C)N1CC(C)C(C(=O)OC)C1. The zero-order valence-corrected chi connectivity index (χ0v) is 18.6. The average Bonchev–Trinajstić information content (AvgIpc) is 3.03. The first-order chi connectivity index (χ1) is 13.7. The number of benzene rings is 1. The highest BCUT2D eigenvalue weighted by Gasteiger charge is 2.36. The van der Waals surface area contributed by atoms with Gasteiger partial charge in [0.15, 0.2) is 5.96 Å². The van der Waals surface area contributed by atoms with Gasteiger partial charge < -0.3 is 15.0 Å². The second kappa shape index (κ2) is 10.1. The van der Waals surface area contributed by atoms with Gasteiger partial charge in [-0.25, -0.2) is 13.1 Å². The molecule has 1 aliphatic heterocycles. The van der Waals surface area contributed by atoms with E-state index in [1.165, 1.54) is 7.11 Å². The molecule has 29 heavy (non-hydrogen) atoms. The predicted molar refractivity (Wildman–Crippen MR) is 114 cm³/mol. The summed E-state index contributed by atoms with van der Waals surface area (Å²) in [5.41, 5.74) is 1.63. The molecule has 1 saturated heterocycles. The molecule has 1 aromatic carbocycles. The molecule has 0 amide bonds. The van der Waals surface area contributed by atoms with Crippen molar-refractivity contribution in [1.82, 2.24) is 14.9 Å². The zero-order valence-electron chi connectivity index (χ0n) is 17.8. The Kier molecular flexibility index (Phi) is 8.04. The van der Waals surface area contributed by atoms with E-state index in [2.05, 4.69) is 15.0 Å². The van der Waals surface area contributed by atoms with E-state index in [4.69, 9.17) is 4.74 Å². The van der Waals surface area contributed by atoms with Gasteiger partial charge in [0.2, 0.25) is 10.0 Å². The molecule has 1 heterocycles. The number of hydrogen-bond acceptors (Lipinski definition) is 5. The van der Waals surface area contributed by atoms with Crippen LogP contribution in [0.4, 0.5) is 0 Å². The number of esters is 1. The molecule has 2 atom stereocenters. The summed E-state index contributed by atoms with van der Waals surface area (Å²) >= 11 is 0. The summed E-state index contributed by atoms with van der Waals surface area (Å²) in [5, 5.41) is 3.30. The number of aliphatic imine (C=N–C) groups is 1. The van der Waals surface area contributed by atoms with Gasteiger partial charge in [0, 0.05) is 32.7 Å². The van der Waals surface area contributed by atoms with Gasteiger partial charge in [-0.15, -0.1) is 0 Å². The van der Waals surface area contributed by atoms with E-state index in [-0.39, 0.29) is 29.6 Å². The van der Waals surface area contributed by atoms with Crippen molar-refractivity contribution >= 4 is 22.0 Å². The predicted octanol–water partition coefficient (Wildman–Crippen LogP) is 1.33. The molecule has 2 unspecified atom stereocenters. The lowest BCUT2D eigenvalue weighted by Gasteiger charge is -2.22. The van der Waals surface area contributed by atoms with E-state index in [1.54, 1.807) is 20.9 Å². The Morgan fingerprint density at radius 1 is 1.28 bits per heavy atom. The molecule has 1 aliphatic rings. The molecule has 162 valence electrons. The zero-order chi connectivity index (χ0) is 21.6. The normalized spacial score (nSPS) is 20.2. The average molecular weight is 425 g/mol. The number of likely N-dealkylation sites (tertiary alicyclic amines) is 1. The molecule has 0 aromatic heterocycles. The third-order valence-corrected chi connectivity index (χ3v) is 6.47. The molecule has 0 bridgehead atoms. The first-order valence-corrected chi connectivity index (χ1v) is 11.4. The Labute approximate surface area is 173 Å². The molecule has 2 rings (SSSR count). The van der Waals surface area contributed by atoms with Gasteiger partial charge in [0.1, 0.15) is 0 Å². The molecule has 0 aliphatic carbocycles. The number of hydrogen-bond donors (Lipinski definition) is 2. The van der Waals surface area contributed by atoms with Crippen LogP contribution in [0.2, 0.25) is 0 Å². The lowest BCUT2D eigenvalue weighted by Crippen LogP contribution is -2.40. The van der Waals surface area contributed by atoms with Crippen molar-refractivity contribution in [2.24, 2.45) is 16.8 Å². The highest BCUT2D eigenvalue weighted by atomic mass is 32.2. The van der Waals surface area contributed by atoms with Crippen LogP contribution in [0, 0.1) is 11.8 Å². The van der Waals surface area contributed by atoms with Gasteiger partial charge in [-0.05, 0) is 30.9 Å². The lowest BCUT2D eigenvalue weighted by molar-refractivity contribution is -0.145. The highest BCUT2D eigenvalue weighted by molar-refractivity contribution is 7.88. The third kappa shape index (κ3) is 6.43. The molecule has 8 nitrogen and oxygen atoms in total. The van der Waals surface area contributed by atoms with Crippen LogP contribution < -0.4 is 10.0 Å². The van der Waals surface area contributed by atoms with E-state index in [0.29, 0.717) is 25.6 Å². The van der Waals surface area contributed by atoms with Crippen LogP contribution in [0.3, 0.4) is 0 Å². The van der Waals surface area contributed by atoms with Crippen molar-refractivity contribution in [1.29, 1.82) is 0 Å². The number of carbonyl (C=O) groups is 1. The maximum Gasteiger partial charge on any atom is 0.310 e. The molecule has 0 spiro atoms. The summed E-state index contributed by atoms with van der Waals surface area (Å²) in [6.45, 7) is 7.31. The second-order valence-electron chi connectivity index (χ2n) is 7.71. The van der Waals surface area contributed by atoms with E-state index < -0.39 is 10.0 Å². The quantitative estimate of drug-likeness (QED) is 0.389. The molecular weight excluding hydrogens is 392 g/mol. The highest BCUT2D eigenvalue weighted by Crippen LogP contribution is 2.24. The summed E-state index contributed by atoms with van der Waals surface area (Å²) in [4.78, 5) is 18.3. The van der Waals surface area contributed by atoms with Gasteiger partial charge in [0.05, 0.1) is 18.8 Å². The molecule has 2 N–H and O–H groups in total. The first-order valence-electron chi connectivity index (χ1n) is 9.77. The topological polar surface area (TPSA) is 100 Å². The molecule has 1 fully saturated rings. The number of guanidine groups is 1. The van der Waals surface area contributed by atoms with Gasteiger partial charge in [-0.3, -0.25) is 9.79 Å². The number of nitrogens with zero attached hydrogens (tertiary/aromatic N) is 2. The minimum atomic E-state index is -3.41. The molecule has 0 saturated carbocycles. The number of methoxy groups -OCH3 is 1. The van der Waals surface area contributed by atoms with Crippen molar-refractivity contribution in [2.75, 3.05) is 27.2 Å². The van der Waals surface area contributed by atoms with Gasteiger partial charge in [0.25, 0.3) is 0 Å². The first kappa shape index (κ1) is 23.2. The van der Waals surface area contributed by atoms with Gasteiger partial charge >= 0.3 is 5.97 Å². The summed E-state index contributed by atoms with van der Waals surface area (Å²) < 4.78 is 32.2. The van der Waals surface area contributed by atoms with Crippen LogP contribution in [-0.4, -0.2) is 58.5 Å². The van der Waals surface area contributed by atoms with Crippen molar-refractivity contribution in [3.63, 3.8) is 0 Å². The van der Waals surface area contributed by atoms with Gasteiger partial charge in [-0.2, -0.15) is 0 Å². The fourth-order valence-corrected chi connectivity index (χ4v) is 5.07. The minimum Gasteiger partial charge on any atom is -0.469 e. The van der Waals surface area contributed by atoms with Crippen molar-refractivity contribution in [3.8, 4) is 0 Å². The van der Waals surface area contributed by atoms with Crippen LogP contribution in [0.15, 0.2) is 29.3 Å². The monoisotopic (exact) mass is 424 g/mol. The van der Waals surface area contributed by atoms with Crippen molar-refractivity contribution < 1.29 is 17.9 Å². The Morgan fingerprint density at radius 3 is 2.52 bits per heavy atom. The number of carbonyl (C=O) groups excluding carboxylic acids is 1. The summed E-state index contributed by atoms with van der Waals surface area (Å²) in [7, 11) is -0.311. The molecular formula is C20H32N4O4S. The fraction of sp³-hybridized carbons (Fsp3) is 0.600. The number of sulfonamides is 1. The summed E-state index contributed by atoms with van der Waals surface area (Å²) in [6.07, 6.45) is 0. The Morgan fingerprint density at radius 2 is 1.93 bits per heavy atom. The smallest absolute Gasteiger partial charge is 0.310 e. The van der Waals surface area contributed by atoms with Crippen LogP contribution >= 0.6 is 0 Å².